The third-order valence-corrected chi connectivity index (χ3v) is 8.88. The van der Waals surface area contributed by atoms with Crippen molar-refractivity contribution in [2.75, 3.05) is 26.2 Å². The fraction of sp³-hybridized carbons (Fsp3) is 0.667. The Balaban J connectivity index is 1.13. The van der Waals surface area contributed by atoms with Crippen LogP contribution in [0.1, 0.15) is 73.2 Å². The Bertz CT molecular complexity index is 993. The Morgan fingerprint density at radius 1 is 1.03 bits per heavy atom. The summed E-state index contributed by atoms with van der Waals surface area (Å²) in [5, 5.41) is 13.4. The van der Waals surface area contributed by atoms with Gasteiger partial charge in [-0.3, -0.25) is 14.4 Å². The van der Waals surface area contributed by atoms with E-state index in [1.165, 1.54) is 23.3 Å². The average Bonchev–Trinajstić information content (AvgIpc) is 3.36. The lowest BCUT2D eigenvalue weighted by atomic mass is 9.88. The van der Waals surface area contributed by atoms with Crippen molar-refractivity contribution in [2.45, 2.75) is 87.1 Å². The van der Waals surface area contributed by atoms with Crippen LogP contribution in [0.25, 0.3) is 0 Å². The summed E-state index contributed by atoms with van der Waals surface area (Å²) >= 11 is 0. The Morgan fingerprint density at radius 3 is 2.37 bits per heavy atom. The second-order valence-electron chi connectivity index (χ2n) is 11.1. The Morgan fingerprint density at radius 2 is 1.71 bits per heavy atom. The van der Waals surface area contributed by atoms with Crippen LogP contribution in [0.5, 0.6) is 0 Å². The molecular formula is C27H35N3O5. The van der Waals surface area contributed by atoms with Gasteiger partial charge in [-0.05, 0) is 75.2 Å². The molecular weight excluding hydrogens is 446 g/mol. The topological polar surface area (TPSA) is 99.2 Å². The molecule has 0 spiro atoms. The number of fused-ring (bicyclic) bond motifs is 1. The van der Waals surface area contributed by atoms with E-state index in [0.717, 1.165) is 44.8 Å². The maximum Gasteiger partial charge on any atom is 0.252 e. The number of piperidine rings is 1. The molecule has 3 aliphatic heterocycles. The maximum atomic E-state index is 13.7. The van der Waals surface area contributed by atoms with Crippen molar-refractivity contribution in [1.29, 1.82) is 0 Å². The molecule has 3 saturated heterocycles. The largest absolute Gasteiger partial charge is 0.388 e. The number of hydrogen-bond donors (Lipinski definition) is 2. The molecule has 35 heavy (non-hydrogen) atoms. The van der Waals surface area contributed by atoms with Gasteiger partial charge in [-0.1, -0.05) is 25.0 Å². The molecule has 2 aliphatic carbocycles. The second kappa shape index (κ2) is 8.98. The standard InChI is InChI=1S/C27H35N3O5/c31-21-15-30(23-22(32)16-35-24(21)23)26(34)27(11-1-2-12-27)28-25(33)19-5-3-17(4-6-19)18-9-13-29(14-10-18)20-7-8-20/h3-6,18,20-21,23-24,31H,1-2,7-16H2,(H,28,33)/t21-,23-,24-/m1/s1. The minimum atomic E-state index is -1.04. The highest BCUT2D eigenvalue weighted by Gasteiger charge is 2.56. The maximum absolute atomic E-state index is 13.7. The monoisotopic (exact) mass is 481 g/mol. The van der Waals surface area contributed by atoms with E-state index < -0.39 is 23.8 Å². The molecule has 0 bridgehead atoms. The smallest absolute Gasteiger partial charge is 0.252 e. The summed E-state index contributed by atoms with van der Waals surface area (Å²) in [5.74, 6) is -0.183. The SMILES string of the molecule is O=C(NC1(C(=O)N2C[C@@H](O)[C@H]3OCC(=O)[C@H]32)CCCC1)c1ccc(C2CCN(C3CC3)CC2)cc1. The van der Waals surface area contributed by atoms with Gasteiger partial charge in [0.2, 0.25) is 5.91 Å². The van der Waals surface area contributed by atoms with Crippen LogP contribution in [0.4, 0.5) is 0 Å². The fourth-order valence-electron chi connectivity index (χ4n) is 6.72. The second-order valence-corrected chi connectivity index (χ2v) is 11.1. The van der Waals surface area contributed by atoms with E-state index >= 15 is 0 Å². The molecule has 1 aromatic rings. The molecule has 1 aromatic carbocycles. The van der Waals surface area contributed by atoms with E-state index in [2.05, 4.69) is 22.3 Å². The zero-order valence-corrected chi connectivity index (χ0v) is 20.2. The van der Waals surface area contributed by atoms with Crippen LogP contribution >= 0.6 is 0 Å². The van der Waals surface area contributed by atoms with Crippen molar-refractivity contribution >= 4 is 17.6 Å². The van der Waals surface area contributed by atoms with Crippen molar-refractivity contribution in [3.8, 4) is 0 Å². The highest BCUT2D eigenvalue weighted by molar-refractivity contribution is 6.01. The number of nitrogens with one attached hydrogen (secondary N) is 1. The van der Waals surface area contributed by atoms with Crippen molar-refractivity contribution < 1.29 is 24.2 Å². The number of β-amino-alcohol motifs (C(OH)–C–C–N with tert-alkyl or cyclic N) is 1. The molecule has 2 N–H and O–H groups in total. The molecule has 8 heteroatoms. The molecule has 6 rings (SSSR count). The van der Waals surface area contributed by atoms with Crippen LogP contribution in [0.2, 0.25) is 0 Å². The zero-order valence-electron chi connectivity index (χ0n) is 20.2. The predicted molar refractivity (Wildman–Crippen MR) is 128 cm³/mol. The number of amides is 2. The van der Waals surface area contributed by atoms with Crippen molar-refractivity contribution in [1.82, 2.24) is 15.1 Å². The van der Waals surface area contributed by atoms with Gasteiger partial charge in [0.15, 0.2) is 5.78 Å². The Hall–Kier alpha value is -2.29. The molecule has 188 valence electrons. The molecule has 0 aromatic heterocycles. The van der Waals surface area contributed by atoms with E-state index in [4.69, 9.17) is 4.74 Å². The quantitative estimate of drug-likeness (QED) is 0.663. The zero-order chi connectivity index (χ0) is 24.2. The number of hydrogen-bond acceptors (Lipinski definition) is 6. The minimum Gasteiger partial charge on any atom is -0.388 e. The first-order valence-corrected chi connectivity index (χ1v) is 13.3. The van der Waals surface area contributed by atoms with Crippen molar-refractivity contribution in [2.24, 2.45) is 0 Å². The first kappa shape index (κ1) is 23.1. The van der Waals surface area contributed by atoms with E-state index in [0.29, 0.717) is 24.3 Å². The molecule has 2 saturated carbocycles. The third-order valence-electron chi connectivity index (χ3n) is 8.88. The minimum absolute atomic E-state index is 0.0613. The number of likely N-dealkylation sites (tertiary alicyclic amines) is 2. The number of nitrogens with zero attached hydrogens (tertiary/aromatic N) is 2. The van der Waals surface area contributed by atoms with Crippen LogP contribution in [0, 0.1) is 0 Å². The molecule has 3 atom stereocenters. The summed E-state index contributed by atoms with van der Waals surface area (Å²) < 4.78 is 5.43. The number of benzene rings is 1. The molecule has 3 heterocycles. The summed E-state index contributed by atoms with van der Waals surface area (Å²) in [7, 11) is 0. The van der Waals surface area contributed by atoms with Crippen LogP contribution in [0.3, 0.4) is 0 Å². The first-order valence-electron chi connectivity index (χ1n) is 13.3. The van der Waals surface area contributed by atoms with Gasteiger partial charge in [-0.15, -0.1) is 0 Å². The lowest BCUT2D eigenvalue weighted by Gasteiger charge is -2.35. The third kappa shape index (κ3) is 4.19. The number of rotatable bonds is 5. The molecule has 5 fully saturated rings. The Kier molecular flexibility index (Phi) is 5.93. The number of aliphatic hydroxyl groups excluding tert-OH is 1. The van der Waals surface area contributed by atoms with Crippen LogP contribution in [-0.2, 0) is 14.3 Å². The summed E-state index contributed by atoms with van der Waals surface area (Å²) in [4.78, 5) is 43.4. The van der Waals surface area contributed by atoms with Gasteiger partial charge in [0, 0.05) is 11.6 Å². The Labute approximate surface area is 206 Å². The van der Waals surface area contributed by atoms with E-state index in [1.807, 2.05) is 12.1 Å². The number of Topliss-reactive ketones (excluding diaryl/α,β-unsaturated/α-hetero) is 1. The van der Waals surface area contributed by atoms with E-state index in [-0.39, 0.29) is 30.7 Å². The van der Waals surface area contributed by atoms with Crippen LogP contribution in [-0.4, -0.2) is 88.6 Å². The van der Waals surface area contributed by atoms with Gasteiger partial charge in [0.1, 0.15) is 30.4 Å². The van der Waals surface area contributed by atoms with Gasteiger partial charge in [0.05, 0.1) is 6.54 Å². The first-order chi connectivity index (χ1) is 16.9. The van der Waals surface area contributed by atoms with Gasteiger partial charge in [0.25, 0.3) is 5.91 Å². The lowest BCUT2D eigenvalue weighted by Crippen LogP contribution is -2.60. The van der Waals surface area contributed by atoms with Crippen molar-refractivity contribution in [3.63, 3.8) is 0 Å². The van der Waals surface area contributed by atoms with Crippen molar-refractivity contribution in [3.05, 3.63) is 35.4 Å². The molecule has 0 radical (unpaired) electrons. The highest BCUT2D eigenvalue weighted by atomic mass is 16.5. The van der Waals surface area contributed by atoms with Gasteiger partial charge < -0.3 is 25.0 Å². The highest BCUT2D eigenvalue weighted by Crippen LogP contribution is 2.37. The molecule has 8 nitrogen and oxygen atoms in total. The fourth-order valence-corrected chi connectivity index (χ4v) is 6.72. The van der Waals surface area contributed by atoms with Crippen LogP contribution in [0.15, 0.2) is 24.3 Å². The van der Waals surface area contributed by atoms with Gasteiger partial charge >= 0.3 is 0 Å². The van der Waals surface area contributed by atoms with Crippen LogP contribution < -0.4 is 5.32 Å². The summed E-state index contributed by atoms with van der Waals surface area (Å²) in [6.45, 7) is 2.29. The molecule has 0 unspecified atom stereocenters. The number of aliphatic hydroxyl groups is 1. The summed E-state index contributed by atoms with van der Waals surface area (Å²) in [6.07, 6.45) is 6.21. The summed E-state index contributed by atoms with van der Waals surface area (Å²) in [6, 6.07) is 7.93. The number of ketones is 1. The van der Waals surface area contributed by atoms with Gasteiger partial charge in [-0.25, -0.2) is 0 Å². The normalized spacial score (nSPS) is 31.1. The molecule has 5 aliphatic rings. The number of carbonyl (C=O) groups excluding carboxylic acids is 3. The molecule has 2 amide bonds. The predicted octanol–water partition coefficient (Wildman–Crippen LogP) is 1.61. The summed E-state index contributed by atoms with van der Waals surface area (Å²) in [5.41, 5.74) is 0.784. The van der Waals surface area contributed by atoms with E-state index in [9.17, 15) is 19.5 Å². The average molecular weight is 482 g/mol. The van der Waals surface area contributed by atoms with E-state index in [1.54, 1.807) is 0 Å². The number of carbonyl (C=O) groups is 3. The van der Waals surface area contributed by atoms with Gasteiger partial charge in [-0.2, -0.15) is 0 Å². The number of ether oxygens (including phenoxy) is 1. The lowest BCUT2D eigenvalue weighted by molar-refractivity contribution is -0.142.